The van der Waals surface area contributed by atoms with E-state index in [2.05, 4.69) is 16.5 Å². The summed E-state index contributed by atoms with van der Waals surface area (Å²) in [4.78, 5) is 8.87. The third-order valence-electron chi connectivity index (χ3n) is 6.14. The monoisotopic (exact) mass is 453 g/mol. The van der Waals surface area contributed by atoms with Gasteiger partial charge in [0.05, 0.1) is 44.7 Å². The lowest BCUT2D eigenvalue weighted by molar-refractivity contribution is -0.0382. The molecule has 0 saturated heterocycles. The van der Waals surface area contributed by atoms with Crippen molar-refractivity contribution in [2.24, 2.45) is 5.92 Å². The molecule has 8 heteroatoms. The number of benzene rings is 1. The Labute approximate surface area is 193 Å². The number of ether oxygens (including phenoxy) is 4. The molecule has 33 heavy (non-hydrogen) atoms. The summed E-state index contributed by atoms with van der Waals surface area (Å²) in [6.07, 6.45) is 4.88. The predicted octanol–water partition coefficient (Wildman–Crippen LogP) is 3.30. The van der Waals surface area contributed by atoms with Crippen LogP contribution in [0, 0.1) is 5.92 Å². The minimum Gasteiger partial charge on any atom is -0.479 e. The second kappa shape index (κ2) is 10.9. The molecule has 0 unspecified atom stereocenters. The molecule has 176 valence electrons. The molecule has 2 aromatic heterocycles. The number of aliphatic hydroxyl groups excluding tert-OH is 1. The van der Waals surface area contributed by atoms with Gasteiger partial charge < -0.3 is 28.6 Å². The van der Waals surface area contributed by atoms with Crippen molar-refractivity contribution in [2.75, 3.05) is 27.4 Å². The summed E-state index contributed by atoms with van der Waals surface area (Å²) in [6, 6.07) is 10.0. The van der Waals surface area contributed by atoms with Crippen molar-refractivity contribution in [3.63, 3.8) is 0 Å². The molecule has 8 nitrogen and oxygen atoms in total. The molecule has 1 aromatic carbocycles. The Morgan fingerprint density at radius 1 is 1.21 bits per heavy atom. The molecular formula is C25H31N3O5. The van der Waals surface area contributed by atoms with E-state index in [1.807, 2.05) is 41.1 Å². The molecule has 0 aliphatic heterocycles. The standard InChI is InChI=1S/C25H31N3O5/c1-4-10-33-24-19(11-18(14-30-2)23(24)29)20-12-28(16-32-13-17-8-6-5-7-9-17)22-21(20)26-15-27-25(22)31-3/h4-9,12,15,18-19,23-24,29H,1,10-11,13-14,16H2,2-3H3/t18-,19+,23-,24+/m1/s1. The highest BCUT2D eigenvalue weighted by atomic mass is 16.5. The smallest absolute Gasteiger partial charge is 0.241 e. The molecule has 4 atom stereocenters. The van der Waals surface area contributed by atoms with Crippen molar-refractivity contribution >= 4 is 11.0 Å². The summed E-state index contributed by atoms with van der Waals surface area (Å²) >= 11 is 0. The lowest BCUT2D eigenvalue weighted by Gasteiger charge is -2.22. The number of rotatable bonds is 11. The highest BCUT2D eigenvalue weighted by Crippen LogP contribution is 2.44. The van der Waals surface area contributed by atoms with Crippen LogP contribution in [0.3, 0.4) is 0 Å². The zero-order valence-electron chi connectivity index (χ0n) is 19.1. The Morgan fingerprint density at radius 2 is 2.03 bits per heavy atom. The molecule has 0 radical (unpaired) electrons. The second-order valence-electron chi connectivity index (χ2n) is 8.23. The van der Waals surface area contributed by atoms with Crippen LogP contribution >= 0.6 is 0 Å². The van der Waals surface area contributed by atoms with Gasteiger partial charge in [0.2, 0.25) is 5.88 Å². The first-order valence-corrected chi connectivity index (χ1v) is 11.1. The summed E-state index contributed by atoms with van der Waals surface area (Å²) < 4.78 is 24.9. The largest absolute Gasteiger partial charge is 0.479 e. The summed E-state index contributed by atoms with van der Waals surface area (Å²) in [7, 11) is 3.24. The van der Waals surface area contributed by atoms with Gasteiger partial charge in [-0.3, -0.25) is 0 Å². The number of aromatic nitrogens is 3. The van der Waals surface area contributed by atoms with Gasteiger partial charge in [0, 0.05) is 30.7 Å². The highest BCUT2D eigenvalue weighted by Gasteiger charge is 2.45. The van der Waals surface area contributed by atoms with Gasteiger partial charge >= 0.3 is 0 Å². The number of aliphatic hydroxyl groups is 1. The van der Waals surface area contributed by atoms with E-state index < -0.39 is 12.2 Å². The first-order chi connectivity index (χ1) is 16.2. The van der Waals surface area contributed by atoms with Crippen molar-refractivity contribution in [3.8, 4) is 5.88 Å². The van der Waals surface area contributed by atoms with Crippen LogP contribution in [-0.4, -0.2) is 59.3 Å². The van der Waals surface area contributed by atoms with Crippen molar-refractivity contribution in [1.82, 2.24) is 14.5 Å². The van der Waals surface area contributed by atoms with Crippen molar-refractivity contribution in [3.05, 3.63) is 66.6 Å². The van der Waals surface area contributed by atoms with Gasteiger partial charge in [-0.15, -0.1) is 6.58 Å². The van der Waals surface area contributed by atoms with Crippen LogP contribution in [0.15, 0.2) is 55.5 Å². The maximum absolute atomic E-state index is 11.0. The van der Waals surface area contributed by atoms with Crippen LogP contribution in [0.25, 0.3) is 11.0 Å². The van der Waals surface area contributed by atoms with Crippen LogP contribution in [-0.2, 0) is 27.5 Å². The molecule has 0 bridgehead atoms. The van der Waals surface area contributed by atoms with Gasteiger partial charge in [0.15, 0.2) is 0 Å². The fourth-order valence-corrected chi connectivity index (χ4v) is 4.67. The highest BCUT2D eigenvalue weighted by molar-refractivity contribution is 5.84. The number of fused-ring (bicyclic) bond motifs is 1. The number of nitrogens with zero attached hydrogens (tertiary/aromatic N) is 3. The minimum atomic E-state index is -0.647. The Bertz CT molecular complexity index is 1050. The quantitative estimate of drug-likeness (QED) is 0.446. The van der Waals surface area contributed by atoms with Crippen molar-refractivity contribution in [2.45, 2.75) is 37.9 Å². The van der Waals surface area contributed by atoms with Gasteiger partial charge in [-0.25, -0.2) is 4.98 Å². The van der Waals surface area contributed by atoms with Gasteiger partial charge in [-0.2, -0.15) is 4.98 Å². The molecule has 1 N–H and O–H groups in total. The molecule has 1 aliphatic carbocycles. The third kappa shape index (κ3) is 4.94. The Hall–Kier alpha value is -2.78. The Morgan fingerprint density at radius 3 is 2.76 bits per heavy atom. The van der Waals surface area contributed by atoms with Crippen LogP contribution < -0.4 is 4.74 Å². The lowest BCUT2D eigenvalue weighted by atomic mass is 9.96. The van der Waals surface area contributed by atoms with E-state index in [1.165, 1.54) is 6.33 Å². The van der Waals surface area contributed by atoms with Gasteiger partial charge in [-0.1, -0.05) is 36.4 Å². The first-order valence-electron chi connectivity index (χ1n) is 11.1. The second-order valence-corrected chi connectivity index (χ2v) is 8.23. The average molecular weight is 454 g/mol. The van der Waals surface area contributed by atoms with E-state index in [-0.39, 0.29) is 11.8 Å². The zero-order chi connectivity index (χ0) is 23.2. The zero-order valence-corrected chi connectivity index (χ0v) is 19.1. The van der Waals surface area contributed by atoms with E-state index in [9.17, 15) is 5.11 Å². The molecule has 1 saturated carbocycles. The topological polar surface area (TPSA) is 87.9 Å². The number of methoxy groups -OCH3 is 2. The average Bonchev–Trinajstić information content (AvgIpc) is 3.36. The van der Waals surface area contributed by atoms with E-state index in [4.69, 9.17) is 18.9 Å². The predicted molar refractivity (Wildman–Crippen MR) is 124 cm³/mol. The van der Waals surface area contributed by atoms with Gasteiger partial charge in [-0.05, 0) is 12.0 Å². The maximum atomic E-state index is 11.0. The number of hydrogen-bond donors (Lipinski definition) is 1. The normalized spacial score (nSPS) is 22.6. The minimum absolute atomic E-state index is 0.0359. The van der Waals surface area contributed by atoms with E-state index >= 15 is 0 Å². The molecule has 1 aliphatic rings. The first kappa shape index (κ1) is 23.4. The SMILES string of the molecule is C=CCO[C@@H]1[C@H](O)[C@@H](COC)C[C@H]1c1cn(COCc2ccccc2)c2c(OC)ncnc12. The summed E-state index contributed by atoms with van der Waals surface area (Å²) in [5.74, 6) is 0.369. The fourth-order valence-electron chi connectivity index (χ4n) is 4.67. The molecule has 4 rings (SSSR count). The van der Waals surface area contributed by atoms with Crippen molar-refractivity contribution < 1.29 is 24.1 Å². The Balaban J connectivity index is 1.67. The molecule has 3 aromatic rings. The third-order valence-corrected chi connectivity index (χ3v) is 6.14. The molecule has 2 heterocycles. The summed E-state index contributed by atoms with van der Waals surface area (Å²) in [6.45, 7) is 5.35. The lowest BCUT2D eigenvalue weighted by Crippen LogP contribution is -2.32. The molecule has 1 fully saturated rings. The fraction of sp³-hybridized carbons (Fsp3) is 0.440. The van der Waals surface area contributed by atoms with Crippen LogP contribution in [0.4, 0.5) is 0 Å². The van der Waals surface area contributed by atoms with E-state index in [0.717, 1.165) is 22.2 Å². The maximum Gasteiger partial charge on any atom is 0.241 e. The summed E-state index contributed by atoms with van der Waals surface area (Å²) in [5, 5.41) is 11.0. The molecule has 0 amide bonds. The van der Waals surface area contributed by atoms with Crippen LogP contribution in [0.1, 0.15) is 23.5 Å². The van der Waals surface area contributed by atoms with E-state index in [1.54, 1.807) is 20.3 Å². The molecular weight excluding hydrogens is 422 g/mol. The number of hydrogen-bond acceptors (Lipinski definition) is 7. The van der Waals surface area contributed by atoms with Gasteiger partial charge in [0.25, 0.3) is 0 Å². The molecule has 0 spiro atoms. The van der Waals surface area contributed by atoms with Crippen LogP contribution in [0.5, 0.6) is 5.88 Å². The van der Waals surface area contributed by atoms with Crippen molar-refractivity contribution in [1.29, 1.82) is 0 Å². The van der Waals surface area contributed by atoms with E-state index in [0.29, 0.717) is 38.9 Å². The van der Waals surface area contributed by atoms with Gasteiger partial charge in [0.1, 0.15) is 18.6 Å². The Kier molecular flexibility index (Phi) is 7.72. The van der Waals surface area contributed by atoms with Crippen LogP contribution in [0.2, 0.25) is 0 Å². The summed E-state index contributed by atoms with van der Waals surface area (Å²) in [5.41, 5.74) is 3.60.